The summed E-state index contributed by atoms with van der Waals surface area (Å²) in [6, 6.07) is 10.0. The summed E-state index contributed by atoms with van der Waals surface area (Å²) in [5.41, 5.74) is 1.92. The Bertz CT molecular complexity index is 618. The molecule has 0 radical (unpaired) electrons. The Morgan fingerprint density at radius 1 is 1.27 bits per heavy atom. The zero-order valence-corrected chi connectivity index (χ0v) is 12.7. The molecular formula is C16H20N4O2. The van der Waals surface area contributed by atoms with E-state index < -0.39 is 0 Å². The molecule has 0 bridgehead atoms. The third-order valence-corrected chi connectivity index (χ3v) is 3.93. The van der Waals surface area contributed by atoms with Gasteiger partial charge in [-0.15, -0.1) is 5.10 Å². The van der Waals surface area contributed by atoms with E-state index >= 15 is 0 Å². The quantitative estimate of drug-likeness (QED) is 0.874. The van der Waals surface area contributed by atoms with Crippen LogP contribution in [0.4, 0.5) is 4.79 Å². The largest absolute Gasteiger partial charge is 0.445 e. The third-order valence-electron chi connectivity index (χ3n) is 3.93. The van der Waals surface area contributed by atoms with E-state index in [-0.39, 0.29) is 6.09 Å². The highest BCUT2D eigenvalue weighted by atomic mass is 16.6. The number of aromatic nitrogens is 3. The number of hydrogen-bond acceptors (Lipinski definition) is 4. The molecule has 116 valence electrons. The maximum Gasteiger partial charge on any atom is 0.410 e. The fourth-order valence-corrected chi connectivity index (χ4v) is 2.67. The average Bonchev–Trinajstić information content (AvgIpc) is 3.00. The van der Waals surface area contributed by atoms with E-state index in [9.17, 15) is 4.79 Å². The van der Waals surface area contributed by atoms with Crippen molar-refractivity contribution in [1.82, 2.24) is 19.9 Å². The van der Waals surface area contributed by atoms with E-state index in [0.717, 1.165) is 24.1 Å². The van der Waals surface area contributed by atoms with Gasteiger partial charge < -0.3 is 9.64 Å². The second-order valence-corrected chi connectivity index (χ2v) is 5.60. The van der Waals surface area contributed by atoms with Crippen LogP contribution >= 0.6 is 0 Å². The molecule has 22 heavy (non-hydrogen) atoms. The highest BCUT2D eigenvalue weighted by Gasteiger charge is 2.25. The molecule has 1 aromatic heterocycles. The number of benzene rings is 1. The van der Waals surface area contributed by atoms with Gasteiger partial charge in [-0.1, -0.05) is 35.5 Å². The SMILES string of the molecule is Cc1cn(C2CCN(C(=O)OCc3ccccc3)CC2)nn1. The summed E-state index contributed by atoms with van der Waals surface area (Å²) < 4.78 is 7.27. The van der Waals surface area contributed by atoms with E-state index in [1.54, 1.807) is 4.90 Å². The van der Waals surface area contributed by atoms with Gasteiger partial charge >= 0.3 is 6.09 Å². The predicted octanol–water partition coefficient (Wildman–Crippen LogP) is 2.56. The van der Waals surface area contributed by atoms with Gasteiger partial charge in [0, 0.05) is 19.3 Å². The fraction of sp³-hybridized carbons (Fsp3) is 0.438. The Morgan fingerprint density at radius 2 is 2.00 bits per heavy atom. The van der Waals surface area contributed by atoms with Crippen molar-refractivity contribution >= 4 is 6.09 Å². The summed E-state index contributed by atoms with van der Waals surface area (Å²) in [5.74, 6) is 0. The van der Waals surface area contributed by atoms with Crippen LogP contribution in [0.2, 0.25) is 0 Å². The van der Waals surface area contributed by atoms with Crippen LogP contribution in [-0.4, -0.2) is 39.1 Å². The van der Waals surface area contributed by atoms with E-state index in [2.05, 4.69) is 10.3 Å². The van der Waals surface area contributed by atoms with E-state index in [4.69, 9.17) is 4.74 Å². The molecule has 6 heteroatoms. The van der Waals surface area contributed by atoms with Crippen LogP contribution in [0.1, 0.15) is 30.1 Å². The Morgan fingerprint density at radius 3 is 2.64 bits per heavy atom. The molecule has 2 heterocycles. The number of likely N-dealkylation sites (tertiary alicyclic amines) is 1. The predicted molar refractivity (Wildman–Crippen MR) is 81.2 cm³/mol. The molecule has 1 amide bonds. The molecule has 0 N–H and O–H groups in total. The number of carbonyl (C=O) groups excluding carboxylic acids is 1. The average molecular weight is 300 g/mol. The standard InChI is InChI=1S/C16H20N4O2/c1-13-11-20(18-17-13)15-7-9-19(10-8-15)16(21)22-12-14-5-3-2-4-6-14/h2-6,11,15H,7-10,12H2,1H3. The minimum Gasteiger partial charge on any atom is -0.445 e. The molecule has 0 unspecified atom stereocenters. The fourth-order valence-electron chi connectivity index (χ4n) is 2.67. The summed E-state index contributed by atoms with van der Waals surface area (Å²) in [7, 11) is 0. The van der Waals surface area contributed by atoms with Crippen molar-refractivity contribution in [1.29, 1.82) is 0 Å². The van der Waals surface area contributed by atoms with Gasteiger partial charge in [-0.05, 0) is 25.3 Å². The van der Waals surface area contributed by atoms with Crippen LogP contribution in [-0.2, 0) is 11.3 Å². The normalized spacial score (nSPS) is 15.8. The first-order chi connectivity index (χ1) is 10.7. The Labute approximate surface area is 129 Å². The highest BCUT2D eigenvalue weighted by molar-refractivity contribution is 5.67. The molecule has 1 aliphatic rings. The van der Waals surface area contributed by atoms with Crippen LogP contribution in [0.15, 0.2) is 36.5 Å². The number of hydrogen-bond donors (Lipinski definition) is 0. The van der Waals surface area contributed by atoms with E-state index in [0.29, 0.717) is 25.7 Å². The lowest BCUT2D eigenvalue weighted by molar-refractivity contribution is 0.0820. The zero-order valence-electron chi connectivity index (χ0n) is 12.7. The molecule has 0 aliphatic carbocycles. The van der Waals surface area contributed by atoms with Gasteiger partial charge in [-0.3, -0.25) is 0 Å². The van der Waals surface area contributed by atoms with Crippen molar-refractivity contribution in [3.8, 4) is 0 Å². The summed E-state index contributed by atoms with van der Waals surface area (Å²) >= 11 is 0. The number of amides is 1. The molecule has 0 atom stereocenters. The van der Waals surface area contributed by atoms with Crippen molar-refractivity contribution in [2.75, 3.05) is 13.1 Å². The summed E-state index contributed by atoms with van der Waals surface area (Å²) in [4.78, 5) is 13.9. The Kier molecular flexibility index (Phi) is 4.37. The Balaban J connectivity index is 1.47. The summed E-state index contributed by atoms with van der Waals surface area (Å²) in [6.07, 6.45) is 3.47. The second-order valence-electron chi connectivity index (χ2n) is 5.60. The van der Waals surface area contributed by atoms with Crippen LogP contribution in [0.25, 0.3) is 0 Å². The van der Waals surface area contributed by atoms with Crippen LogP contribution in [0.3, 0.4) is 0 Å². The molecule has 1 aromatic carbocycles. The van der Waals surface area contributed by atoms with Crippen molar-refractivity contribution < 1.29 is 9.53 Å². The van der Waals surface area contributed by atoms with Crippen molar-refractivity contribution in [3.63, 3.8) is 0 Å². The molecule has 1 aliphatic heterocycles. The molecule has 0 saturated carbocycles. The topological polar surface area (TPSA) is 60.2 Å². The van der Waals surface area contributed by atoms with Crippen molar-refractivity contribution in [2.24, 2.45) is 0 Å². The molecule has 3 rings (SSSR count). The molecule has 1 fully saturated rings. The number of carbonyl (C=O) groups is 1. The number of rotatable bonds is 3. The Hall–Kier alpha value is -2.37. The third kappa shape index (κ3) is 3.44. The molecular weight excluding hydrogens is 280 g/mol. The van der Waals surface area contributed by atoms with Gasteiger partial charge in [-0.2, -0.15) is 0 Å². The van der Waals surface area contributed by atoms with Gasteiger partial charge in [0.1, 0.15) is 6.61 Å². The highest BCUT2D eigenvalue weighted by Crippen LogP contribution is 2.22. The lowest BCUT2D eigenvalue weighted by Gasteiger charge is -2.31. The number of ether oxygens (including phenoxy) is 1. The van der Waals surface area contributed by atoms with Crippen molar-refractivity contribution in [2.45, 2.75) is 32.4 Å². The molecule has 0 spiro atoms. The van der Waals surface area contributed by atoms with Gasteiger partial charge in [0.25, 0.3) is 0 Å². The molecule has 1 saturated heterocycles. The number of aryl methyl sites for hydroxylation is 1. The minimum atomic E-state index is -0.239. The van der Waals surface area contributed by atoms with Gasteiger partial charge in [-0.25, -0.2) is 9.48 Å². The molecule has 2 aromatic rings. The van der Waals surface area contributed by atoms with Crippen LogP contribution < -0.4 is 0 Å². The van der Waals surface area contributed by atoms with Gasteiger partial charge in [0.15, 0.2) is 0 Å². The van der Waals surface area contributed by atoms with Gasteiger partial charge in [0.2, 0.25) is 0 Å². The van der Waals surface area contributed by atoms with Crippen molar-refractivity contribution in [3.05, 3.63) is 47.8 Å². The smallest absolute Gasteiger partial charge is 0.410 e. The first-order valence-electron chi connectivity index (χ1n) is 7.56. The monoisotopic (exact) mass is 300 g/mol. The van der Waals surface area contributed by atoms with Crippen LogP contribution in [0, 0.1) is 6.92 Å². The summed E-state index contributed by atoms with van der Waals surface area (Å²) in [5, 5.41) is 8.13. The van der Waals surface area contributed by atoms with Gasteiger partial charge in [0.05, 0.1) is 11.7 Å². The summed E-state index contributed by atoms with van der Waals surface area (Å²) in [6.45, 7) is 3.63. The maximum atomic E-state index is 12.1. The minimum absolute atomic E-state index is 0.239. The molecule has 6 nitrogen and oxygen atoms in total. The lowest BCUT2D eigenvalue weighted by atomic mass is 10.1. The lowest BCUT2D eigenvalue weighted by Crippen LogP contribution is -2.39. The zero-order chi connectivity index (χ0) is 15.4. The first-order valence-corrected chi connectivity index (χ1v) is 7.56. The maximum absolute atomic E-state index is 12.1. The van der Waals surface area contributed by atoms with E-state index in [1.165, 1.54) is 0 Å². The first kappa shape index (κ1) is 14.6. The van der Waals surface area contributed by atoms with Crippen LogP contribution in [0.5, 0.6) is 0 Å². The van der Waals surface area contributed by atoms with E-state index in [1.807, 2.05) is 48.1 Å². The second kappa shape index (κ2) is 6.60. The number of piperidine rings is 1. The number of nitrogens with zero attached hydrogens (tertiary/aromatic N) is 4.